The van der Waals surface area contributed by atoms with Crippen LogP contribution in [0.25, 0.3) is 0 Å². The summed E-state index contributed by atoms with van der Waals surface area (Å²) in [6.07, 6.45) is 3.39. The van der Waals surface area contributed by atoms with Gasteiger partial charge in [-0.2, -0.15) is 0 Å². The molecule has 0 aliphatic heterocycles. The second kappa shape index (κ2) is 4.96. The molecule has 18 heavy (non-hydrogen) atoms. The molecule has 0 spiro atoms. The van der Waals surface area contributed by atoms with Gasteiger partial charge in [-0.05, 0) is 22.6 Å². The maximum Gasteiger partial charge on any atom is 0.0954 e. The number of hydrogen-bond donors (Lipinski definition) is 2. The highest BCUT2D eigenvalue weighted by atomic mass is 16.3. The molecule has 1 aromatic heterocycles. The van der Waals surface area contributed by atoms with E-state index in [1.165, 1.54) is 11.1 Å². The molecule has 1 heterocycles. The second-order valence-electron chi connectivity index (χ2n) is 5.49. The normalized spacial score (nSPS) is 13.6. The molecule has 3 N–H and O–H groups in total. The largest absolute Gasteiger partial charge is 0.472 e. The highest BCUT2D eigenvalue weighted by molar-refractivity contribution is 5.39. The molecule has 0 radical (unpaired) electrons. The summed E-state index contributed by atoms with van der Waals surface area (Å²) in [6.45, 7) is 6.61. The summed E-state index contributed by atoms with van der Waals surface area (Å²) >= 11 is 0. The Kier molecular flexibility index (Phi) is 3.55. The molecule has 2 aromatic rings. The highest BCUT2D eigenvalue weighted by Gasteiger charge is 2.23. The van der Waals surface area contributed by atoms with E-state index in [4.69, 9.17) is 10.3 Å². The van der Waals surface area contributed by atoms with E-state index < -0.39 is 0 Å². The Morgan fingerprint density at radius 3 is 2.44 bits per heavy atom. The zero-order chi connectivity index (χ0) is 13.2. The van der Waals surface area contributed by atoms with Crippen LogP contribution >= 0.6 is 0 Å². The summed E-state index contributed by atoms with van der Waals surface area (Å²) in [7, 11) is 0. The van der Waals surface area contributed by atoms with E-state index in [0.717, 1.165) is 5.56 Å². The molecule has 2 rings (SSSR count). The van der Waals surface area contributed by atoms with Crippen LogP contribution in [0.15, 0.2) is 47.3 Å². The zero-order valence-corrected chi connectivity index (χ0v) is 11.1. The smallest absolute Gasteiger partial charge is 0.0954 e. The molecule has 0 amide bonds. The number of rotatable bonds is 3. The van der Waals surface area contributed by atoms with Crippen LogP contribution in [0.5, 0.6) is 0 Å². The third kappa shape index (κ3) is 2.47. The van der Waals surface area contributed by atoms with Crippen molar-refractivity contribution in [2.24, 2.45) is 5.84 Å². The van der Waals surface area contributed by atoms with E-state index in [1.54, 1.807) is 12.5 Å². The fourth-order valence-electron chi connectivity index (χ4n) is 2.24. The Hall–Kier alpha value is -1.58. The van der Waals surface area contributed by atoms with Gasteiger partial charge in [0.1, 0.15) is 0 Å². The average Bonchev–Trinajstić information content (AvgIpc) is 2.83. The number of benzene rings is 1. The lowest BCUT2D eigenvalue weighted by atomic mass is 9.81. The van der Waals surface area contributed by atoms with Crippen LogP contribution in [0.2, 0.25) is 0 Å². The summed E-state index contributed by atoms with van der Waals surface area (Å²) in [5.74, 6) is 5.72. The Morgan fingerprint density at radius 2 is 1.89 bits per heavy atom. The van der Waals surface area contributed by atoms with Crippen molar-refractivity contribution in [3.8, 4) is 0 Å². The Balaban J connectivity index is 2.50. The molecule has 3 nitrogen and oxygen atoms in total. The molecule has 0 saturated carbocycles. The SMILES string of the molecule is CC(C)(C)c1ccccc1C(NN)c1ccoc1. The topological polar surface area (TPSA) is 51.2 Å². The molecule has 0 bridgehead atoms. The van der Waals surface area contributed by atoms with Crippen molar-refractivity contribution in [1.82, 2.24) is 5.43 Å². The van der Waals surface area contributed by atoms with Crippen LogP contribution in [0.3, 0.4) is 0 Å². The summed E-state index contributed by atoms with van der Waals surface area (Å²) in [4.78, 5) is 0. The second-order valence-corrected chi connectivity index (χ2v) is 5.49. The van der Waals surface area contributed by atoms with Crippen molar-refractivity contribution in [2.45, 2.75) is 32.2 Å². The lowest BCUT2D eigenvalue weighted by Crippen LogP contribution is -2.30. The first kappa shape index (κ1) is 12.9. The van der Waals surface area contributed by atoms with E-state index >= 15 is 0 Å². The van der Waals surface area contributed by atoms with Gasteiger partial charge >= 0.3 is 0 Å². The number of nitrogens with one attached hydrogen (secondary N) is 1. The fourth-order valence-corrected chi connectivity index (χ4v) is 2.24. The molecule has 0 fully saturated rings. The monoisotopic (exact) mass is 244 g/mol. The van der Waals surface area contributed by atoms with Gasteiger partial charge in [-0.3, -0.25) is 5.84 Å². The number of furan rings is 1. The minimum Gasteiger partial charge on any atom is -0.472 e. The third-order valence-corrected chi connectivity index (χ3v) is 3.12. The van der Waals surface area contributed by atoms with Crippen molar-refractivity contribution < 1.29 is 4.42 Å². The molecule has 1 aromatic carbocycles. The molecule has 0 saturated heterocycles. The van der Waals surface area contributed by atoms with Crippen molar-refractivity contribution in [2.75, 3.05) is 0 Å². The van der Waals surface area contributed by atoms with Crippen molar-refractivity contribution in [1.29, 1.82) is 0 Å². The highest BCUT2D eigenvalue weighted by Crippen LogP contribution is 2.32. The average molecular weight is 244 g/mol. The van der Waals surface area contributed by atoms with Gasteiger partial charge in [0.25, 0.3) is 0 Å². The van der Waals surface area contributed by atoms with Gasteiger partial charge in [0, 0.05) is 5.56 Å². The van der Waals surface area contributed by atoms with Crippen LogP contribution in [0, 0.1) is 0 Å². The van der Waals surface area contributed by atoms with Gasteiger partial charge in [0.2, 0.25) is 0 Å². The number of nitrogens with two attached hydrogens (primary N) is 1. The first-order valence-electron chi connectivity index (χ1n) is 6.11. The van der Waals surface area contributed by atoms with E-state index in [2.05, 4.69) is 44.4 Å². The maximum atomic E-state index is 5.72. The van der Waals surface area contributed by atoms with Gasteiger partial charge in [-0.25, -0.2) is 5.43 Å². The summed E-state index contributed by atoms with van der Waals surface area (Å²) in [5.41, 5.74) is 6.46. The van der Waals surface area contributed by atoms with Gasteiger partial charge in [0.05, 0.1) is 18.6 Å². The van der Waals surface area contributed by atoms with Gasteiger partial charge in [0.15, 0.2) is 0 Å². The van der Waals surface area contributed by atoms with Crippen molar-refractivity contribution in [3.05, 3.63) is 59.5 Å². The van der Waals surface area contributed by atoms with Crippen LogP contribution in [-0.4, -0.2) is 0 Å². The van der Waals surface area contributed by atoms with E-state index in [-0.39, 0.29) is 11.5 Å². The molecule has 0 aliphatic rings. The fraction of sp³-hybridized carbons (Fsp3) is 0.333. The van der Waals surface area contributed by atoms with Crippen LogP contribution in [-0.2, 0) is 5.41 Å². The van der Waals surface area contributed by atoms with E-state index in [0.29, 0.717) is 0 Å². The minimum absolute atomic E-state index is 0.0424. The van der Waals surface area contributed by atoms with Crippen molar-refractivity contribution in [3.63, 3.8) is 0 Å². The van der Waals surface area contributed by atoms with E-state index in [1.807, 2.05) is 12.1 Å². The predicted molar refractivity (Wildman–Crippen MR) is 73.0 cm³/mol. The van der Waals surface area contributed by atoms with Crippen LogP contribution in [0.1, 0.15) is 43.5 Å². The van der Waals surface area contributed by atoms with Gasteiger partial charge < -0.3 is 4.42 Å². The standard InChI is InChI=1S/C15H20N2O/c1-15(2,3)13-7-5-4-6-12(13)14(17-16)11-8-9-18-10-11/h4-10,14,17H,16H2,1-3H3. The predicted octanol–water partition coefficient (Wildman–Crippen LogP) is 3.13. The maximum absolute atomic E-state index is 5.72. The molecule has 3 heteroatoms. The molecular formula is C15H20N2O. The third-order valence-electron chi connectivity index (χ3n) is 3.12. The van der Waals surface area contributed by atoms with Crippen LogP contribution < -0.4 is 11.3 Å². The zero-order valence-electron chi connectivity index (χ0n) is 11.1. The first-order valence-corrected chi connectivity index (χ1v) is 6.11. The Morgan fingerprint density at radius 1 is 1.17 bits per heavy atom. The van der Waals surface area contributed by atoms with Gasteiger partial charge in [-0.1, -0.05) is 45.0 Å². The van der Waals surface area contributed by atoms with Crippen LogP contribution in [0.4, 0.5) is 0 Å². The summed E-state index contributed by atoms with van der Waals surface area (Å²) < 4.78 is 5.15. The molecule has 1 unspecified atom stereocenters. The van der Waals surface area contributed by atoms with Gasteiger partial charge in [-0.15, -0.1) is 0 Å². The van der Waals surface area contributed by atoms with E-state index in [9.17, 15) is 0 Å². The Labute approximate surface area is 108 Å². The quantitative estimate of drug-likeness (QED) is 0.644. The lowest BCUT2D eigenvalue weighted by molar-refractivity contribution is 0.540. The summed E-state index contributed by atoms with van der Waals surface area (Å²) in [6, 6.07) is 10.3. The minimum atomic E-state index is -0.0424. The lowest BCUT2D eigenvalue weighted by Gasteiger charge is -2.26. The molecule has 96 valence electrons. The number of hydrogen-bond acceptors (Lipinski definition) is 3. The summed E-state index contributed by atoms with van der Waals surface area (Å²) in [5, 5.41) is 0. The number of hydrazine groups is 1. The first-order chi connectivity index (χ1) is 8.54. The molecule has 1 atom stereocenters. The Bertz CT molecular complexity index is 497. The molecule has 0 aliphatic carbocycles. The molecular weight excluding hydrogens is 224 g/mol. The van der Waals surface area contributed by atoms with Crippen molar-refractivity contribution >= 4 is 0 Å².